The van der Waals surface area contributed by atoms with Crippen LogP contribution in [0.25, 0.3) is 6.08 Å². The molecule has 2 aliphatic rings. The molecule has 2 fully saturated rings. The van der Waals surface area contributed by atoms with Crippen molar-refractivity contribution in [2.45, 2.75) is 4.90 Å². The van der Waals surface area contributed by atoms with Gasteiger partial charge in [0, 0.05) is 18.1 Å². The monoisotopic (exact) mass is 522 g/mol. The molecule has 178 valence electrons. The number of hydrogen-bond donors (Lipinski definition) is 0. The summed E-state index contributed by atoms with van der Waals surface area (Å²) in [6.07, 6.45) is 1.45. The molecular formula is C22H19ClN2O7S2. The summed E-state index contributed by atoms with van der Waals surface area (Å²) in [5, 5.41) is -0.155. The van der Waals surface area contributed by atoms with Crippen LogP contribution in [0.2, 0.25) is 5.02 Å². The Labute approximate surface area is 205 Å². The number of carbonyl (C=O) groups excluding carboxylic acids is 3. The quantitative estimate of drug-likeness (QED) is 0.420. The molecule has 2 saturated heterocycles. The Balaban J connectivity index is 1.47. The minimum atomic E-state index is -4.09. The number of halogens is 1. The van der Waals surface area contributed by atoms with Crippen molar-refractivity contribution >= 4 is 56.6 Å². The lowest BCUT2D eigenvalue weighted by atomic mass is 10.2. The number of rotatable bonds is 6. The number of imide groups is 1. The summed E-state index contributed by atoms with van der Waals surface area (Å²) in [5.74, 6) is -0.878. The number of thioether (sulfide) groups is 1. The molecule has 34 heavy (non-hydrogen) atoms. The summed E-state index contributed by atoms with van der Waals surface area (Å²) in [7, 11) is -4.09. The lowest BCUT2D eigenvalue weighted by Crippen LogP contribution is -2.46. The van der Waals surface area contributed by atoms with E-state index < -0.39 is 21.3 Å². The number of carbonyl (C=O) groups is 3. The summed E-state index contributed by atoms with van der Waals surface area (Å²) in [4.78, 5) is 40.1. The van der Waals surface area contributed by atoms with Crippen LogP contribution >= 0.6 is 23.4 Å². The van der Waals surface area contributed by atoms with Crippen molar-refractivity contribution in [1.29, 1.82) is 0 Å². The Morgan fingerprint density at radius 3 is 2.53 bits per heavy atom. The first-order chi connectivity index (χ1) is 16.2. The van der Waals surface area contributed by atoms with E-state index >= 15 is 0 Å². The first-order valence-electron chi connectivity index (χ1n) is 10.1. The molecule has 12 heteroatoms. The third kappa shape index (κ3) is 5.61. The van der Waals surface area contributed by atoms with Crippen molar-refractivity contribution in [3.05, 3.63) is 64.0 Å². The highest BCUT2D eigenvalue weighted by Gasteiger charge is 2.37. The predicted molar refractivity (Wildman–Crippen MR) is 126 cm³/mol. The van der Waals surface area contributed by atoms with Crippen LogP contribution in [0.1, 0.15) is 5.56 Å². The van der Waals surface area contributed by atoms with Gasteiger partial charge in [-0.3, -0.25) is 19.3 Å². The van der Waals surface area contributed by atoms with Crippen LogP contribution in [0.5, 0.6) is 5.75 Å². The highest BCUT2D eigenvalue weighted by atomic mass is 35.5. The maximum Gasteiger partial charge on any atom is 0.339 e. The van der Waals surface area contributed by atoms with E-state index in [2.05, 4.69) is 0 Å². The molecule has 2 heterocycles. The van der Waals surface area contributed by atoms with Gasteiger partial charge in [0.2, 0.25) is 5.91 Å². The van der Waals surface area contributed by atoms with E-state index in [4.69, 9.17) is 20.5 Å². The van der Waals surface area contributed by atoms with Gasteiger partial charge in [-0.2, -0.15) is 8.42 Å². The van der Waals surface area contributed by atoms with Crippen molar-refractivity contribution in [3.8, 4) is 5.75 Å². The zero-order chi connectivity index (χ0) is 24.3. The normalized spacial score (nSPS) is 18.0. The topological polar surface area (TPSA) is 110 Å². The Morgan fingerprint density at radius 2 is 1.82 bits per heavy atom. The maximum atomic E-state index is 12.7. The van der Waals surface area contributed by atoms with E-state index in [0.29, 0.717) is 48.7 Å². The van der Waals surface area contributed by atoms with E-state index in [9.17, 15) is 22.8 Å². The van der Waals surface area contributed by atoms with Gasteiger partial charge in [0.05, 0.1) is 18.1 Å². The number of hydrogen-bond acceptors (Lipinski definition) is 8. The molecule has 3 amide bonds. The fourth-order valence-electron chi connectivity index (χ4n) is 3.27. The summed E-state index contributed by atoms with van der Waals surface area (Å²) in [5.41, 5.74) is 0.453. The third-order valence-corrected chi connectivity index (χ3v) is 7.42. The van der Waals surface area contributed by atoms with Crippen molar-refractivity contribution in [2.75, 3.05) is 32.8 Å². The van der Waals surface area contributed by atoms with Gasteiger partial charge in [0.25, 0.3) is 11.1 Å². The smallest absolute Gasteiger partial charge is 0.339 e. The summed E-state index contributed by atoms with van der Waals surface area (Å²) in [6, 6.07) is 11.6. The Kier molecular flexibility index (Phi) is 7.27. The molecule has 2 aromatic rings. The van der Waals surface area contributed by atoms with Gasteiger partial charge in [0.15, 0.2) is 0 Å². The fraction of sp³-hybridized carbons (Fsp3) is 0.227. The lowest BCUT2D eigenvalue weighted by molar-refractivity contribution is -0.139. The van der Waals surface area contributed by atoms with Gasteiger partial charge >= 0.3 is 10.1 Å². The van der Waals surface area contributed by atoms with Gasteiger partial charge < -0.3 is 13.8 Å². The molecule has 0 radical (unpaired) electrons. The first-order valence-corrected chi connectivity index (χ1v) is 12.7. The van der Waals surface area contributed by atoms with Gasteiger partial charge in [0.1, 0.15) is 17.2 Å². The molecule has 0 unspecified atom stereocenters. The maximum absolute atomic E-state index is 12.7. The second kappa shape index (κ2) is 10.2. The number of nitrogens with zero attached hydrogens (tertiary/aromatic N) is 2. The first kappa shape index (κ1) is 24.3. The zero-order valence-corrected chi connectivity index (χ0v) is 20.1. The number of ether oxygens (including phenoxy) is 1. The highest BCUT2D eigenvalue weighted by Crippen LogP contribution is 2.33. The second-order valence-electron chi connectivity index (χ2n) is 7.32. The Hall–Kier alpha value is -2.86. The van der Waals surface area contributed by atoms with Crippen molar-refractivity contribution in [3.63, 3.8) is 0 Å². The SMILES string of the molecule is O=C(CN1C(=O)S/C(=C\c2cccc(OS(=O)(=O)c3ccc(Cl)cc3)c2)C1=O)N1CCOCC1. The molecule has 0 saturated carbocycles. The molecule has 0 bridgehead atoms. The van der Waals surface area contributed by atoms with Gasteiger partial charge in [-0.1, -0.05) is 23.7 Å². The number of morpholine rings is 1. The molecule has 0 aromatic heterocycles. The summed E-state index contributed by atoms with van der Waals surface area (Å²) < 4.78 is 35.4. The molecule has 0 N–H and O–H groups in total. The Bertz CT molecular complexity index is 1260. The highest BCUT2D eigenvalue weighted by molar-refractivity contribution is 8.18. The van der Waals surface area contributed by atoms with Gasteiger partial charge in [-0.15, -0.1) is 0 Å². The molecule has 0 atom stereocenters. The van der Waals surface area contributed by atoms with Crippen molar-refractivity contribution < 1.29 is 31.7 Å². The van der Waals surface area contributed by atoms with Crippen LogP contribution in [-0.2, 0) is 24.4 Å². The van der Waals surface area contributed by atoms with E-state index in [0.717, 1.165) is 4.90 Å². The molecule has 0 aliphatic carbocycles. The minimum Gasteiger partial charge on any atom is -0.379 e. The van der Waals surface area contributed by atoms with Crippen LogP contribution < -0.4 is 4.18 Å². The molecule has 2 aromatic carbocycles. The molecule has 9 nitrogen and oxygen atoms in total. The largest absolute Gasteiger partial charge is 0.379 e. The van der Waals surface area contributed by atoms with Crippen LogP contribution in [0.15, 0.2) is 58.3 Å². The van der Waals surface area contributed by atoms with E-state index in [1.165, 1.54) is 42.5 Å². The predicted octanol–water partition coefficient (Wildman–Crippen LogP) is 3.00. The van der Waals surface area contributed by atoms with Gasteiger partial charge in [-0.25, -0.2) is 0 Å². The van der Waals surface area contributed by atoms with Crippen molar-refractivity contribution in [2.24, 2.45) is 0 Å². The average Bonchev–Trinajstić information content (AvgIpc) is 3.07. The van der Waals surface area contributed by atoms with Crippen LogP contribution in [0.3, 0.4) is 0 Å². The van der Waals surface area contributed by atoms with Crippen LogP contribution in [-0.4, -0.2) is 68.1 Å². The average molecular weight is 523 g/mol. The van der Waals surface area contributed by atoms with E-state index in [1.54, 1.807) is 17.0 Å². The number of amides is 3. The minimum absolute atomic E-state index is 0.0328. The molecular weight excluding hydrogens is 504 g/mol. The van der Waals surface area contributed by atoms with Gasteiger partial charge in [-0.05, 0) is 59.8 Å². The van der Waals surface area contributed by atoms with E-state index in [1.807, 2.05) is 0 Å². The fourth-order valence-corrected chi connectivity index (χ4v) is 5.15. The molecule has 2 aliphatic heterocycles. The van der Waals surface area contributed by atoms with Crippen LogP contribution in [0, 0.1) is 0 Å². The summed E-state index contributed by atoms with van der Waals surface area (Å²) >= 11 is 6.51. The lowest BCUT2D eigenvalue weighted by Gasteiger charge is -2.28. The Morgan fingerprint density at radius 1 is 1.12 bits per heavy atom. The van der Waals surface area contributed by atoms with E-state index in [-0.39, 0.29) is 28.0 Å². The van der Waals surface area contributed by atoms with Crippen LogP contribution in [0.4, 0.5) is 4.79 Å². The summed E-state index contributed by atoms with van der Waals surface area (Å²) in [6.45, 7) is 1.32. The second-order valence-corrected chi connectivity index (χ2v) is 10.3. The third-order valence-electron chi connectivity index (χ3n) is 4.99. The molecule has 0 spiro atoms. The zero-order valence-electron chi connectivity index (χ0n) is 17.7. The number of benzene rings is 2. The van der Waals surface area contributed by atoms with Crippen molar-refractivity contribution in [1.82, 2.24) is 9.80 Å². The standard InChI is InChI=1S/C22H19ClN2O7S2/c23-16-4-6-18(7-5-16)34(29,30)32-17-3-1-2-15(12-17)13-19-21(27)25(22(28)33-19)14-20(26)24-8-10-31-11-9-24/h1-7,12-13H,8-11,14H2/b19-13-. The molecule has 4 rings (SSSR count).